The first kappa shape index (κ1) is 15.1. The minimum Gasteiger partial charge on any atom is -0.398 e. The number of amides is 1. The van der Waals surface area contributed by atoms with Gasteiger partial charge in [-0.2, -0.15) is 0 Å². The predicted octanol–water partition coefficient (Wildman–Crippen LogP) is 1.99. The fourth-order valence-electron chi connectivity index (χ4n) is 2.46. The second-order valence-corrected chi connectivity index (χ2v) is 5.19. The number of carbonyl (C=O) groups is 1. The molecule has 0 atom stereocenters. The van der Waals surface area contributed by atoms with Crippen LogP contribution in [0.3, 0.4) is 0 Å². The van der Waals surface area contributed by atoms with Gasteiger partial charge in [0.15, 0.2) is 0 Å². The lowest BCUT2D eigenvalue weighted by Crippen LogP contribution is -2.36. The first-order valence-corrected chi connectivity index (χ1v) is 7.13. The van der Waals surface area contributed by atoms with Gasteiger partial charge in [-0.15, -0.1) is 0 Å². The average molecular weight is 292 g/mol. The molecule has 0 radical (unpaired) electrons. The van der Waals surface area contributed by atoms with Gasteiger partial charge in [-0.05, 0) is 25.3 Å². The Kier molecular flexibility index (Phi) is 4.97. The largest absolute Gasteiger partial charge is 0.398 e. The number of piperidine rings is 1. The molecular formula is C14H20N4O3. The Morgan fingerprint density at radius 2 is 2.00 bits per heavy atom. The molecule has 2 rings (SSSR count). The molecule has 1 aromatic carbocycles. The molecule has 114 valence electrons. The third-order valence-electron chi connectivity index (χ3n) is 3.53. The van der Waals surface area contributed by atoms with E-state index in [0.717, 1.165) is 25.9 Å². The van der Waals surface area contributed by atoms with Crippen LogP contribution in [0.5, 0.6) is 0 Å². The van der Waals surface area contributed by atoms with Gasteiger partial charge >= 0.3 is 0 Å². The summed E-state index contributed by atoms with van der Waals surface area (Å²) in [7, 11) is 0. The van der Waals surface area contributed by atoms with E-state index in [1.165, 1.54) is 18.6 Å². The molecule has 1 aliphatic heterocycles. The number of nitro benzene ring substituents is 1. The van der Waals surface area contributed by atoms with Crippen LogP contribution in [0.1, 0.15) is 25.7 Å². The van der Waals surface area contributed by atoms with E-state index in [1.807, 2.05) is 4.90 Å². The molecule has 3 N–H and O–H groups in total. The molecule has 0 spiro atoms. The third-order valence-corrected chi connectivity index (χ3v) is 3.53. The van der Waals surface area contributed by atoms with Crippen LogP contribution in [0.2, 0.25) is 0 Å². The number of nitrogens with one attached hydrogen (secondary N) is 1. The van der Waals surface area contributed by atoms with Gasteiger partial charge < -0.3 is 16.0 Å². The van der Waals surface area contributed by atoms with Gasteiger partial charge in [0, 0.05) is 49.6 Å². The molecule has 0 aromatic heterocycles. The molecule has 1 aliphatic rings. The number of nitrogen functional groups attached to an aromatic ring is 1. The van der Waals surface area contributed by atoms with Crippen molar-refractivity contribution < 1.29 is 9.72 Å². The van der Waals surface area contributed by atoms with Crippen LogP contribution in [-0.4, -0.2) is 35.4 Å². The van der Waals surface area contributed by atoms with E-state index in [9.17, 15) is 14.9 Å². The quantitative estimate of drug-likeness (QED) is 0.491. The maximum atomic E-state index is 12.0. The monoisotopic (exact) mass is 292 g/mol. The smallest absolute Gasteiger partial charge is 0.273 e. The number of benzene rings is 1. The Balaban J connectivity index is 1.85. The van der Waals surface area contributed by atoms with Crippen molar-refractivity contribution >= 4 is 23.0 Å². The number of nitrogens with zero attached hydrogens (tertiary/aromatic N) is 2. The van der Waals surface area contributed by atoms with Crippen LogP contribution < -0.4 is 11.1 Å². The first-order valence-electron chi connectivity index (χ1n) is 7.13. The molecule has 21 heavy (non-hydrogen) atoms. The number of nitrogens with two attached hydrogens (primary N) is 1. The summed E-state index contributed by atoms with van der Waals surface area (Å²) >= 11 is 0. The number of hydrogen-bond donors (Lipinski definition) is 2. The summed E-state index contributed by atoms with van der Waals surface area (Å²) in [4.78, 5) is 24.1. The Hall–Kier alpha value is -2.31. The Labute approximate surface area is 123 Å². The lowest BCUT2D eigenvalue weighted by Gasteiger charge is -2.26. The third kappa shape index (κ3) is 4.34. The second kappa shape index (κ2) is 6.92. The van der Waals surface area contributed by atoms with Crippen LogP contribution >= 0.6 is 0 Å². The number of nitro groups is 1. The van der Waals surface area contributed by atoms with Gasteiger partial charge in [-0.3, -0.25) is 14.9 Å². The van der Waals surface area contributed by atoms with Crippen molar-refractivity contribution in [3.63, 3.8) is 0 Å². The lowest BCUT2D eigenvalue weighted by molar-refractivity contribution is -0.384. The standard InChI is InChI=1S/C14H20N4O3/c15-11-8-12(10-13(9-11)18(20)21)16-5-4-14(19)17-6-2-1-3-7-17/h8-10,16H,1-7,15H2. The van der Waals surface area contributed by atoms with Gasteiger partial charge in [0.2, 0.25) is 5.91 Å². The van der Waals surface area contributed by atoms with Crippen LogP contribution in [0.4, 0.5) is 17.1 Å². The van der Waals surface area contributed by atoms with Gasteiger partial charge in [-0.1, -0.05) is 0 Å². The molecule has 1 fully saturated rings. The van der Waals surface area contributed by atoms with Crippen molar-refractivity contribution in [3.05, 3.63) is 28.3 Å². The molecule has 7 nitrogen and oxygen atoms in total. The number of hydrogen-bond acceptors (Lipinski definition) is 5. The minimum absolute atomic E-state index is 0.0557. The topological polar surface area (TPSA) is 102 Å². The fourth-order valence-corrected chi connectivity index (χ4v) is 2.46. The second-order valence-electron chi connectivity index (χ2n) is 5.19. The number of likely N-dealkylation sites (tertiary alicyclic amines) is 1. The first-order chi connectivity index (χ1) is 10.1. The highest BCUT2D eigenvalue weighted by molar-refractivity contribution is 5.77. The van der Waals surface area contributed by atoms with Crippen molar-refractivity contribution in [3.8, 4) is 0 Å². The zero-order chi connectivity index (χ0) is 15.2. The minimum atomic E-state index is -0.486. The van der Waals surface area contributed by atoms with Crippen LogP contribution in [-0.2, 0) is 4.79 Å². The Bertz CT molecular complexity index is 527. The van der Waals surface area contributed by atoms with E-state index in [2.05, 4.69) is 5.32 Å². The van der Waals surface area contributed by atoms with E-state index in [4.69, 9.17) is 5.73 Å². The summed E-state index contributed by atoms with van der Waals surface area (Å²) in [5, 5.41) is 13.8. The summed E-state index contributed by atoms with van der Waals surface area (Å²) in [6, 6.07) is 4.35. The van der Waals surface area contributed by atoms with Crippen LogP contribution in [0.25, 0.3) is 0 Å². The van der Waals surface area contributed by atoms with Crippen molar-refractivity contribution in [1.82, 2.24) is 4.90 Å². The highest BCUT2D eigenvalue weighted by Gasteiger charge is 2.16. The molecule has 1 amide bonds. The fraction of sp³-hybridized carbons (Fsp3) is 0.500. The van der Waals surface area contributed by atoms with Gasteiger partial charge in [0.1, 0.15) is 0 Å². The zero-order valence-electron chi connectivity index (χ0n) is 11.9. The predicted molar refractivity (Wildman–Crippen MR) is 81.0 cm³/mol. The Morgan fingerprint density at radius 3 is 2.67 bits per heavy atom. The number of non-ortho nitro benzene ring substituents is 1. The molecule has 0 saturated carbocycles. The summed E-state index contributed by atoms with van der Waals surface area (Å²) in [5.74, 6) is 0.126. The van der Waals surface area contributed by atoms with Gasteiger partial charge in [0.25, 0.3) is 5.69 Å². The maximum absolute atomic E-state index is 12.0. The molecule has 0 unspecified atom stereocenters. The SMILES string of the molecule is Nc1cc(NCCC(=O)N2CCCCC2)cc([N+](=O)[O-])c1. The van der Waals surface area contributed by atoms with E-state index in [-0.39, 0.29) is 11.6 Å². The molecule has 7 heteroatoms. The zero-order valence-corrected chi connectivity index (χ0v) is 11.9. The Morgan fingerprint density at radius 1 is 1.29 bits per heavy atom. The molecule has 0 bridgehead atoms. The highest BCUT2D eigenvalue weighted by atomic mass is 16.6. The molecule has 1 heterocycles. The molecular weight excluding hydrogens is 272 g/mol. The van der Waals surface area contributed by atoms with E-state index < -0.39 is 4.92 Å². The average Bonchev–Trinajstić information content (AvgIpc) is 2.47. The van der Waals surface area contributed by atoms with E-state index in [0.29, 0.717) is 24.3 Å². The van der Waals surface area contributed by atoms with E-state index >= 15 is 0 Å². The van der Waals surface area contributed by atoms with Crippen LogP contribution in [0.15, 0.2) is 18.2 Å². The number of anilines is 2. The van der Waals surface area contributed by atoms with Crippen molar-refractivity contribution in [1.29, 1.82) is 0 Å². The highest BCUT2D eigenvalue weighted by Crippen LogP contribution is 2.22. The summed E-state index contributed by atoms with van der Waals surface area (Å²) in [6.07, 6.45) is 3.71. The molecule has 1 saturated heterocycles. The normalized spacial score (nSPS) is 14.8. The maximum Gasteiger partial charge on any atom is 0.273 e. The number of carbonyl (C=O) groups excluding carboxylic acids is 1. The van der Waals surface area contributed by atoms with Crippen molar-refractivity contribution in [2.45, 2.75) is 25.7 Å². The number of rotatable bonds is 5. The van der Waals surface area contributed by atoms with Crippen molar-refractivity contribution in [2.75, 3.05) is 30.7 Å². The van der Waals surface area contributed by atoms with Gasteiger partial charge in [-0.25, -0.2) is 0 Å². The summed E-state index contributed by atoms with van der Waals surface area (Å²) in [6.45, 7) is 2.11. The summed E-state index contributed by atoms with van der Waals surface area (Å²) in [5.41, 5.74) is 6.46. The summed E-state index contributed by atoms with van der Waals surface area (Å²) < 4.78 is 0. The van der Waals surface area contributed by atoms with Crippen molar-refractivity contribution in [2.24, 2.45) is 0 Å². The lowest BCUT2D eigenvalue weighted by atomic mass is 10.1. The molecule has 0 aliphatic carbocycles. The van der Waals surface area contributed by atoms with E-state index in [1.54, 1.807) is 6.07 Å². The molecule has 1 aromatic rings. The van der Waals surface area contributed by atoms with Crippen LogP contribution in [0, 0.1) is 10.1 Å². The van der Waals surface area contributed by atoms with Gasteiger partial charge in [0.05, 0.1) is 4.92 Å².